The molecule has 9 unspecified atom stereocenters. The Morgan fingerprint density at radius 1 is 1.15 bits per heavy atom. The van der Waals surface area contributed by atoms with Crippen molar-refractivity contribution in [2.75, 3.05) is 0 Å². The van der Waals surface area contributed by atoms with Gasteiger partial charge in [0, 0.05) is 18.8 Å². The second-order valence-corrected chi connectivity index (χ2v) is 10.3. The average Bonchev–Trinajstić information content (AvgIpc) is 3.10. The van der Waals surface area contributed by atoms with E-state index in [0.717, 1.165) is 32.1 Å². The van der Waals surface area contributed by atoms with Gasteiger partial charge < -0.3 is 14.2 Å². The zero-order chi connectivity index (χ0) is 18.9. The zero-order valence-corrected chi connectivity index (χ0v) is 17.3. The van der Waals surface area contributed by atoms with Crippen molar-refractivity contribution in [3.8, 4) is 0 Å². The number of hydrogen-bond acceptors (Lipinski definition) is 4. The quantitative estimate of drug-likeness (QED) is 0.683. The highest BCUT2D eigenvalue weighted by atomic mass is 16.6. The molecule has 26 heavy (non-hydrogen) atoms. The number of esters is 1. The van der Waals surface area contributed by atoms with Crippen LogP contribution in [-0.2, 0) is 19.0 Å². The van der Waals surface area contributed by atoms with Gasteiger partial charge in [-0.05, 0) is 63.7 Å². The van der Waals surface area contributed by atoms with Gasteiger partial charge in [0.2, 0.25) is 0 Å². The molecule has 0 aromatic heterocycles. The number of fused-ring (bicyclic) bond motifs is 8. The van der Waals surface area contributed by atoms with Crippen molar-refractivity contribution in [2.24, 2.45) is 29.6 Å². The summed E-state index contributed by atoms with van der Waals surface area (Å²) in [6.07, 6.45) is 5.94. The summed E-state index contributed by atoms with van der Waals surface area (Å²) in [5.74, 6) is 2.22. The molecule has 0 aromatic rings. The van der Waals surface area contributed by atoms with E-state index >= 15 is 0 Å². The molecular weight excluding hydrogens is 328 g/mol. The van der Waals surface area contributed by atoms with Gasteiger partial charge in [0.05, 0.1) is 23.9 Å². The normalized spacial score (nSPS) is 53.1. The predicted octanol–water partition coefficient (Wildman–Crippen LogP) is 4.35. The lowest BCUT2D eigenvalue weighted by atomic mass is 9.57. The molecule has 1 saturated carbocycles. The first kappa shape index (κ1) is 18.7. The molecule has 4 heteroatoms. The highest BCUT2D eigenvalue weighted by Crippen LogP contribution is 2.60. The largest absolute Gasteiger partial charge is 0.459 e. The van der Waals surface area contributed by atoms with Crippen molar-refractivity contribution in [2.45, 2.75) is 103 Å². The first-order chi connectivity index (χ1) is 12.1. The maximum Gasteiger partial charge on any atom is 0.303 e. The highest BCUT2D eigenvalue weighted by Gasteiger charge is 2.65. The van der Waals surface area contributed by atoms with Crippen LogP contribution in [0.5, 0.6) is 0 Å². The molecule has 4 fully saturated rings. The third-order valence-electron chi connectivity index (χ3n) is 8.08. The lowest BCUT2D eigenvalue weighted by Crippen LogP contribution is -2.55. The van der Waals surface area contributed by atoms with E-state index < -0.39 is 5.60 Å². The summed E-state index contributed by atoms with van der Waals surface area (Å²) in [6.45, 7) is 13.0. The monoisotopic (exact) mass is 364 g/mol. The topological polar surface area (TPSA) is 44.8 Å². The maximum absolute atomic E-state index is 11.9. The van der Waals surface area contributed by atoms with Crippen molar-refractivity contribution in [1.82, 2.24) is 0 Å². The maximum atomic E-state index is 11.9. The molecule has 3 aliphatic heterocycles. The number of hydrogen-bond donors (Lipinski definition) is 0. The van der Waals surface area contributed by atoms with Crippen LogP contribution in [0.3, 0.4) is 0 Å². The molecule has 0 spiro atoms. The van der Waals surface area contributed by atoms with Gasteiger partial charge in [-0.3, -0.25) is 4.79 Å². The molecule has 0 aromatic carbocycles. The summed E-state index contributed by atoms with van der Waals surface area (Å²) in [4.78, 5) is 11.9. The summed E-state index contributed by atoms with van der Waals surface area (Å²) >= 11 is 0. The van der Waals surface area contributed by atoms with E-state index in [1.807, 2.05) is 0 Å². The fraction of sp³-hybridized carbons (Fsp3) is 0.955. The van der Waals surface area contributed by atoms with Crippen LogP contribution in [0.2, 0.25) is 0 Å². The molecule has 4 nitrogen and oxygen atoms in total. The summed E-state index contributed by atoms with van der Waals surface area (Å²) < 4.78 is 19.4. The number of rotatable bonds is 2. The van der Waals surface area contributed by atoms with Crippen LogP contribution in [-0.4, -0.2) is 35.5 Å². The van der Waals surface area contributed by atoms with Crippen LogP contribution in [0.1, 0.15) is 73.6 Å². The van der Waals surface area contributed by atoms with E-state index in [0.29, 0.717) is 29.8 Å². The molecular formula is C22H36O4. The summed E-state index contributed by atoms with van der Waals surface area (Å²) in [7, 11) is 0. The van der Waals surface area contributed by atoms with Crippen LogP contribution in [0.15, 0.2) is 0 Å². The SMILES string of the molecule is CC(=O)OC1(C)CCC(C(C)C)C2C3OC(CC(C)C4CCC3(C)O4)C21. The Balaban J connectivity index is 1.78. The predicted molar refractivity (Wildman–Crippen MR) is 99.7 cm³/mol. The molecule has 4 bridgehead atoms. The van der Waals surface area contributed by atoms with E-state index in [1.54, 1.807) is 6.92 Å². The highest BCUT2D eigenvalue weighted by molar-refractivity contribution is 5.66. The van der Waals surface area contributed by atoms with Gasteiger partial charge in [0.1, 0.15) is 5.60 Å². The van der Waals surface area contributed by atoms with E-state index in [4.69, 9.17) is 14.2 Å². The molecule has 0 radical (unpaired) electrons. The van der Waals surface area contributed by atoms with Crippen molar-refractivity contribution >= 4 is 5.97 Å². The zero-order valence-electron chi connectivity index (χ0n) is 17.3. The number of carbonyl (C=O) groups is 1. The van der Waals surface area contributed by atoms with E-state index in [1.165, 1.54) is 0 Å². The van der Waals surface area contributed by atoms with Crippen molar-refractivity contribution in [3.05, 3.63) is 0 Å². The molecule has 9 atom stereocenters. The van der Waals surface area contributed by atoms with E-state index in [2.05, 4.69) is 34.6 Å². The van der Waals surface area contributed by atoms with Crippen LogP contribution in [0.4, 0.5) is 0 Å². The van der Waals surface area contributed by atoms with Gasteiger partial charge in [-0.15, -0.1) is 0 Å². The number of carbonyl (C=O) groups excluding carboxylic acids is 1. The van der Waals surface area contributed by atoms with E-state index in [9.17, 15) is 4.79 Å². The van der Waals surface area contributed by atoms with Crippen LogP contribution >= 0.6 is 0 Å². The summed E-state index contributed by atoms with van der Waals surface area (Å²) in [5.41, 5.74) is -0.612. The molecule has 4 aliphatic rings. The Hall–Kier alpha value is -0.610. The van der Waals surface area contributed by atoms with Crippen LogP contribution in [0.25, 0.3) is 0 Å². The fourth-order valence-corrected chi connectivity index (χ4v) is 6.90. The van der Waals surface area contributed by atoms with E-state index in [-0.39, 0.29) is 29.7 Å². The first-order valence-electron chi connectivity index (χ1n) is 10.7. The molecule has 0 N–H and O–H groups in total. The Morgan fingerprint density at radius 3 is 2.54 bits per heavy atom. The minimum absolute atomic E-state index is 0.123. The Morgan fingerprint density at radius 2 is 1.88 bits per heavy atom. The Kier molecular flexibility index (Phi) is 4.47. The third kappa shape index (κ3) is 2.74. The van der Waals surface area contributed by atoms with Gasteiger partial charge in [0.25, 0.3) is 0 Å². The van der Waals surface area contributed by atoms with Gasteiger partial charge in [-0.1, -0.05) is 20.8 Å². The van der Waals surface area contributed by atoms with Crippen molar-refractivity contribution in [3.63, 3.8) is 0 Å². The lowest BCUT2D eigenvalue weighted by molar-refractivity contribution is -0.174. The molecule has 3 saturated heterocycles. The molecule has 3 heterocycles. The van der Waals surface area contributed by atoms with Gasteiger partial charge in [-0.25, -0.2) is 0 Å². The minimum Gasteiger partial charge on any atom is -0.459 e. The molecule has 148 valence electrons. The fourth-order valence-electron chi connectivity index (χ4n) is 6.90. The van der Waals surface area contributed by atoms with Gasteiger partial charge >= 0.3 is 5.97 Å². The average molecular weight is 365 g/mol. The molecule has 1 aliphatic carbocycles. The third-order valence-corrected chi connectivity index (χ3v) is 8.08. The Labute approximate surface area is 158 Å². The van der Waals surface area contributed by atoms with Gasteiger partial charge in [0.15, 0.2) is 0 Å². The molecule has 0 amide bonds. The summed E-state index contributed by atoms with van der Waals surface area (Å²) in [6, 6.07) is 0. The minimum atomic E-state index is -0.416. The van der Waals surface area contributed by atoms with Crippen LogP contribution in [0, 0.1) is 29.6 Å². The standard InChI is InChI=1S/C22H36O4/c1-12(2)15-7-9-21(5,25-14(4)23)19-17-11-13(3)16-8-10-22(6,26-16)20(24-17)18(15)19/h12-13,15-20H,7-11H2,1-6H3. The van der Waals surface area contributed by atoms with Gasteiger partial charge in [-0.2, -0.15) is 0 Å². The number of ether oxygens (including phenoxy) is 3. The summed E-state index contributed by atoms with van der Waals surface area (Å²) in [5, 5.41) is 0. The second kappa shape index (κ2) is 6.20. The first-order valence-corrected chi connectivity index (χ1v) is 10.7. The lowest BCUT2D eigenvalue weighted by Gasteiger charge is -2.49. The van der Waals surface area contributed by atoms with Crippen molar-refractivity contribution < 1.29 is 19.0 Å². The Bertz CT molecular complexity index is 574. The second-order valence-electron chi connectivity index (χ2n) is 10.3. The smallest absolute Gasteiger partial charge is 0.303 e. The van der Waals surface area contributed by atoms with Crippen LogP contribution < -0.4 is 0 Å². The van der Waals surface area contributed by atoms with Crippen molar-refractivity contribution in [1.29, 1.82) is 0 Å². The molecule has 4 rings (SSSR count).